The summed E-state index contributed by atoms with van der Waals surface area (Å²) in [7, 11) is 3.31. The quantitative estimate of drug-likeness (QED) is 0.371. The molecule has 1 fully saturated rings. The van der Waals surface area contributed by atoms with Crippen molar-refractivity contribution in [3.63, 3.8) is 0 Å². The Morgan fingerprint density at radius 3 is 2.32 bits per heavy atom. The number of methoxy groups -OCH3 is 2. The Labute approximate surface area is 198 Å². The molecule has 1 aliphatic carbocycles. The summed E-state index contributed by atoms with van der Waals surface area (Å²) < 4.78 is 10.8. The maximum atomic E-state index is 12.9. The molecule has 9 heteroatoms. The Balaban J connectivity index is 1.29. The standard InChI is InChI=1S/C25H30N4O5/c1-33-17-8-9-20(21(16-17)34-2)29-14-12-28(13-15-29)11-5-10-26-22-23(27-32)25(31)19-7-4-3-6-18(19)24(22)30/h3-4,6-9,16,26-27,32H,5,10-15H2,1-2H3/p+1. The number of Topliss-reactive ketones (excluding diaryl/α,β-unsaturated/α-hetero) is 2. The van der Waals surface area contributed by atoms with Gasteiger partial charge in [-0.25, -0.2) is 5.21 Å². The molecule has 1 heterocycles. The molecule has 9 nitrogen and oxygen atoms in total. The largest absolute Gasteiger partial charge is 0.497 e. The van der Waals surface area contributed by atoms with Gasteiger partial charge in [0.15, 0.2) is 5.70 Å². The van der Waals surface area contributed by atoms with Gasteiger partial charge < -0.3 is 19.7 Å². The molecule has 2 aromatic rings. The number of hydroxylamine groups is 1. The van der Waals surface area contributed by atoms with Crippen molar-refractivity contribution >= 4 is 17.3 Å². The maximum Gasteiger partial charge on any atom is 0.252 e. The van der Waals surface area contributed by atoms with E-state index in [-0.39, 0.29) is 23.0 Å². The number of quaternary nitrogens is 1. The summed E-state index contributed by atoms with van der Waals surface area (Å²) in [6.07, 6.45) is 0.803. The minimum atomic E-state index is -0.342. The van der Waals surface area contributed by atoms with Crippen LogP contribution in [0, 0.1) is 0 Å². The number of anilines is 1. The van der Waals surface area contributed by atoms with Crippen LogP contribution in [0.2, 0.25) is 0 Å². The normalized spacial score (nSPS) is 16.5. The minimum Gasteiger partial charge on any atom is -0.497 e. The number of hydrogen-bond acceptors (Lipinski definition) is 8. The monoisotopic (exact) mass is 467 g/mol. The van der Waals surface area contributed by atoms with Crippen LogP contribution in [-0.4, -0.2) is 75.2 Å². The number of piperazine rings is 1. The van der Waals surface area contributed by atoms with E-state index < -0.39 is 0 Å². The van der Waals surface area contributed by atoms with Crippen LogP contribution >= 0.6 is 0 Å². The molecule has 0 bridgehead atoms. The minimum absolute atomic E-state index is 0.0192. The fourth-order valence-corrected chi connectivity index (χ4v) is 4.47. The molecule has 4 N–H and O–H groups in total. The summed E-state index contributed by atoms with van der Waals surface area (Å²) in [5.74, 6) is 0.961. The molecule has 34 heavy (non-hydrogen) atoms. The smallest absolute Gasteiger partial charge is 0.252 e. The molecule has 0 saturated carbocycles. The molecule has 0 amide bonds. The fraction of sp³-hybridized carbons (Fsp3) is 0.360. The second kappa shape index (κ2) is 10.7. The molecule has 1 saturated heterocycles. The Morgan fingerprint density at radius 1 is 0.971 bits per heavy atom. The predicted octanol–water partition coefficient (Wildman–Crippen LogP) is 1.05. The van der Waals surface area contributed by atoms with Crippen LogP contribution < -0.4 is 25.2 Å². The van der Waals surface area contributed by atoms with Crippen LogP contribution in [0.4, 0.5) is 5.69 Å². The molecule has 0 atom stereocenters. The third kappa shape index (κ3) is 4.77. The number of nitrogens with zero attached hydrogens (tertiary/aromatic N) is 2. The van der Waals surface area contributed by atoms with Gasteiger partial charge >= 0.3 is 0 Å². The van der Waals surface area contributed by atoms with E-state index in [1.165, 1.54) is 0 Å². The average molecular weight is 468 g/mol. The Morgan fingerprint density at radius 2 is 1.68 bits per heavy atom. The first-order valence-corrected chi connectivity index (χ1v) is 11.4. The molecular weight excluding hydrogens is 436 g/mol. The third-order valence-electron chi connectivity index (χ3n) is 6.34. The summed E-state index contributed by atoms with van der Waals surface area (Å²) >= 11 is 0. The van der Waals surface area contributed by atoms with E-state index in [1.54, 1.807) is 38.5 Å². The van der Waals surface area contributed by atoms with Gasteiger partial charge in [-0.2, -0.15) is 5.48 Å². The highest BCUT2D eigenvalue weighted by atomic mass is 16.5. The Hall–Kier alpha value is -3.40. The highest BCUT2D eigenvalue weighted by molar-refractivity contribution is 6.25. The lowest BCUT2D eigenvalue weighted by Gasteiger charge is -2.36. The molecule has 0 spiro atoms. The molecule has 180 valence electrons. The molecule has 0 unspecified atom stereocenters. The molecule has 2 aliphatic rings. The maximum absolute atomic E-state index is 12.9. The van der Waals surface area contributed by atoms with Crippen LogP contribution in [0.1, 0.15) is 27.1 Å². The van der Waals surface area contributed by atoms with Gasteiger partial charge in [-0.3, -0.25) is 14.5 Å². The second-order valence-corrected chi connectivity index (χ2v) is 8.27. The highest BCUT2D eigenvalue weighted by Crippen LogP contribution is 2.32. The summed E-state index contributed by atoms with van der Waals surface area (Å²) in [4.78, 5) is 30.2. The number of carbonyl (C=O) groups excluding carboxylic acids is 2. The SMILES string of the molecule is COc1ccc(N2CCN(CCCNC3=C([NH2+]O)C(=O)c4ccccc4C3=O)CC2)c(OC)c1. The summed E-state index contributed by atoms with van der Waals surface area (Å²) in [5.41, 5.74) is 2.67. The number of carbonyl (C=O) groups is 2. The van der Waals surface area contributed by atoms with E-state index in [0.29, 0.717) is 17.7 Å². The van der Waals surface area contributed by atoms with Gasteiger partial charge in [-0.1, -0.05) is 24.3 Å². The van der Waals surface area contributed by atoms with Crippen molar-refractivity contribution in [3.05, 3.63) is 65.0 Å². The van der Waals surface area contributed by atoms with E-state index in [4.69, 9.17) is 9.47 Å². The average Bonchev–Trinajstić information content (AvgIpc) is 2.89. The summed E-state index contributed by atoms with van der Waals surface area (Å²) in [6, 6.07) is 12.6. The van der Waals surface area contributed by atoms with Crippen molar-refractivity contribution in [1.29, 1.82) is 0 Å². The van der Waals surface area contributed by atoms with Crippen molar-refractivity contribution < 1.29 is 29.8 Å². The van der Waals surface area contributed by atoms with Crippen molar-refractivity contribution in [2.45, 2.75) is 6.42 Å². The first-order chi connectivity index (χ1) is 16.6. The topological polar surface area (TPSA) is 108 Å². The first kappa shape index (κ1) is 23.7. The predicted molar refractivity (Wildman–Crippen MR) is 127 cm³/mol. The van der Waals surface area contributed by atoms with E-state index in [2.05, 4.69) is 15.1 Å². The zero-order valence-corrected chi connectivity index (χ0v) is 19.5. The summed E-state index contributed by atoms with van der Waals surface area (Å²) in [5, 5.41) is 12.7. The number of fused-ring (bicyclic) bond motifs is 1. The molecule has 4 rings (SSSR count). The van der Waals surface area contributed by atoms with Gasteiger partial charge in [0, 0.05) is 49.9 Å². The van der Waals surface area contributed by atoms with Crippen LogP contribution in [0.5, 0.6) is 11.5 Å². The van der Waals surface area contributed by atoms with Gasteiger partial charge in [0.2, 0.25) is 11.5 Å². The van der Waals surface area contributed by atoms with Crippen molar-refractivity contribution in [2.24, 2.45) is 0 Å². The zero-order chi connectivity index (χ0) is 24.1. The number of nitrogens with one attached hydrogen (secondary N) is 1. The molecule has 0 aromatic heterocycles. The van der Waals surface area contributed by atoms with Crippen molar-refractivity contribution in [2.75, 3.05) is 58.4 Å². The molecule has 0 radical (unpaired) electrons. The number of ketones is 2. The van der Waals surface area contributed by atoms with E-state index >= 15 is 0 Å². The van der Waals surface area contributed by atoms with Crippen LogP contribution in [0.25, 0.3) is 0 Å². The third-order valence-corrected chi connectivity index (χ3v) is 6.34. The van der Waals surface area contributed by atoms with Gasteiger partial charge in [-0.05, 0) is 25.1 Å². The van der Waals surface area contributed by atoms with E-state index in [0.717, 1.165) is 61.8 Å². The second-order valence-electron chi connectivity index (χ2n) is 8.27. The number of ether oxygens (including phenoxy) is 2. The van der Waals surface area contributed by atoms with Gasteiger partial charge in [0.1, 0.15) is 11.5 Å². The van der Waals surface area contributed by atoms with Crippen molar-refractivity contribution in [1.82, 2.24) is 10.2 Å². The Bertz CT molecular complexity index is 1090. The number of hydrogen-bond donors (Lipinski definition) is 3. The van der Waals surface area contributed by atoms with Crippen molar-refractivity contribution in [3.8, 4) is 11.5 Å². The van der Waals surface area contributed by atoms with Gasteiger partial charge in [0.05, 0.1) is 19.9 Å². The number of nitrogens with two attached hydrogens (primary N) is 1. The van der Waals surface area contributed by atoms with Crippen LogP contribution in [0.15, 0.2) is 53.9 Å². The molecular formula is C25H31N4O5+. The zero-order valence-electron chi connectivity index (χ0n) is 19.5. The highest BCUT2D eigenvalue weighted by Gasteiger charge is 2.35. The lowest BCUT2D eigenvalue weighted by molar-refractivity contribution is -0.846. The first-order valence-electron chi connectivity index (χ1n) is 11.4. The van der Waals surface area contributed by atoms with E-state index in [1.807, 2.05) is 18.2 Å². The lowest BCUT2D eigenvalue weighted by atomic mass is 9.90. The number of rotatable bonds is 9. The molecule has 2 aromatic carbocycles. The fourth-order valence-electron chi connectivity index (χ4n) is 4.47. The lowest BCUT2D eigenvalue weighted by Crippen LogP contribution is -2.81. The van der Waals surface area contributed by atoms with Crippen LogP contribution in [0.3, 0.4) is 0 Å². The Kier molecular flexibility index (Phi) is 7.46. The summed E-state index contributed by atoms with van der Waals surface area (Å²) in [6.45, 7) is 4.99. The number of allylic oxidation sites excluding steroid dienone is 2. The number of benzene rings is 2. The molecule has 1 aliphatic heterocycles. The van der Waals surface area contributed by atoms with Gasteiger partial charge in [-0.15, -0.1) is 0 Å². The van der Waals surface area contributed by atoms with E-state index in [9.17, 15) is 14.8 Å². The van der Waals surface area contributed by atoms with Gasteiger partial charge in [0.25, 0.3) is 5.78 Å². The van der Waals surface area contributed by atoms with Crippen LogP contribution in [-0.2, 0) is 0 Å².